The molecule has 1 aromatic heterocycles. The number of carbonyl (C=O) groups is 2. The van der Waals surface area contributed by atoms with Gasteiger partial charge in [-0.3, -0.25) is 9.59 Å². The molecule has 1 fully saturated rings. The van der Waals surface area contributed by atoms with Crippen molar-refractivity contribution in [3.63, 3.8) is 0 Å². The summed E-state index contributed by atoms with van der Waals surface area (Å²) in [6, 6.07) is 9.43. The van der Waals surface area contributed by atoms with E-state index in [0.717, 1.165) is 29.8 Å². The number of anilines is 1. The lowest BCUT2D eigenvalue weighted by molar-refractivity contribution is -0.117. The van der Waals surface area contributed by atoms with Crippen LogP contribution < -0.4 is 10.2 Å². The van der Waals surface area contributed by atoms with E-state index in [1.54, 1.807) is 23.5 Å². The van der Waals surface area contributed by atoms with Crippen LogP contribution in [0.2, 0.25) is 0 Å². The predicted molar refractivity (Wildman–Crippen MR) is 87.6 cm³/mol. The van der Waals surface area contributed by atoms with Gasteiger partial charge in [0.25, 0.3) is 0 Å². The third kappa shape index (κ3) is 3.88. The van der Waals surface area contributed by atoms with Crippen LogP contribution in [0, 0.1) is 0 Å². The molecule has 1 aromatic carbocycles. The van der Waals surface area contributed by atoms with Crippen LogP contribution in [-0.4, -0.2) is 18.4 Å². The highest BCUT2D eigenvalue weighted by Crippen LogP contribution is 2.21. The molecule has 1 aliphatic rings. The Bertz CT molecular complexity index is 702. The van der Waals surface area contributed by atoms with Crippen LogP contribution in [0.3, 0.4) is 0 Å². The topological polar surface area (TPSA) is 62.6 Å². The summed E-state index contributed by atoms with van der Waals surface area (Å²) in [5, 5.41) is 2.78. The molecule has 0 unspecified atom stereocenters. The average Bonchev–Trinajstić information content (AvgIpc) is 3.23. The molecule has 0 bridgehead atoms. The molecule has 23 heavy (non-hydrogen) atoms. The summed E-state index contributed by atoms with van der Waals surface area (Å²) in [6.07, 6.45) is 7.96. The van der Waals surface area contributed by atoms with Gasteiger partial charge in [0.2, 0.25) is 11.8 Å². The molecule has 1 N–H and O–H groups in total. The number of hydrogen-bond donors (Lipinski definition) is 1. The molecule has 5 nitrogen and oxygen atoms in total. The smallest absolute Gasteiger partial charge is 0.244 e. The second-order valence-electron chi connectivity index (χ2n) is 5.42. The monoisotopic (exact) mass is 310 g/mol. The average molecular weight is 310 g/mol. The normalized spacial score (nSPS) is 14.6. The lowest BCUT2D eigenvalue weighted by Gasteiger charge is -2.15. The molecule has 1 aliphatic heterocycles. The summed E-state index contributed by atoms with van der Waals surface area (Å²) >= 11 is 0. The molecule has 0 radical (unpaired) electrons. The Labute approximate surface area is 134 Å². The summed E-state index contributed by atoms with van der Waals surface area (Å²) in [5.74, 6) is 0.0110. The summed E-state index contributed by atoms with van der Waals surface area (Å²) in [5.41, 5.74) is 2.75. The van der Waals surface area contributed by atoms with E-state index in [0.29, 0.717) is 13.0 Å². The molecule has 2 amide bonds. The molecule has 2 heterocycles. The first-order valence-electron chi connectivity index (χ1n) is 7.60. The minimum absolute atomic E-state index is 0.162. The Kier molecular flexibility index (Phi) is 4.57. The largest absolute Gasteiger partial charge is 0.472 e. The standard InChI is InChI=1S/C18H18N2O3/c21-17(19-12-15-9-11-23-13-15)8-5-14-3-6-16(7-4-14)20-10-1-2-18(20)22/h3-9,11,13H,1-2,10,12H2,(H,19,21). The van der Waals surface area contributed by atoms with E-state index in [-0.39, 0.29) is 11.8 Å². The Morgan fingerprint density at radius 2 is 2.09 bits per heavy atom. The first-order valence-corrected chi connectivity index (χ1v) is 7.60. The van der Waals surface area contributed by atoms with Crippen molar-refractivity contribution in [3.8, 4) is 0 Å². The van der Waals surface area contributed by atoms with Crippen LogP contribution in [-0.2, 0) is 16.1 Å². The molecular weight excluding hydrogens is 292 g/mol. The summed E-state index contributed by atoms with van der Waals surface area (Å²) in [6.45, 7) is 1.22. The van der Waals surface area contributed by atoms with E-state index in [1.807, 2.05) is 30.3 Å². The molecule has 1 saturated heterocycles. The fraction of sp³-hybridized carbons (Fsp3) is 0.222. The maximum absolute atomic E-state index is 11.7. The number of hydrogen-bond acceptors (Lipinski definition) is 3. The van der Waals surface area contributed by atoms with E-state index in [4.69, 9.17) is 4.42 Å². The van der Waals surface area contributed by atoms with Crippen molar-refractivity contribution in [2.24, 2.45) is 0 Å². The van der Waals surface area contributed by atoms with Gasteiger partial charge in [0.15, 0.2) is 0 Å². The number of nitrogens with zero attached hydrogens (tertiary/aromatic N) is 1. The molecule has 5 heteroatoms. The number of carbonyl (C=O) groups excluding carboxylic acids is 2. The maximum Gasteiger partial charge on any atom is 0.244 e. The Morgan fingerprint density at radius 3 is 2.74 bits per heavy atom. The van der Waals surface area contributed by atoms with Crippen molar-refractivity contribution >= 4 is 23.6 Å². The number of nitrogens with one attached hydrogen (secondary N) is 1. The fourth-order valence-electron chi connectivity index (χ4n) is 2.50. The number of amides is 2. The number of rotatable bonds is 5. The van der Waals surface area contributed by atoms with Crippen LogP contribution in [0.5, 0.6) is 0 Å². The summed E-state index contributed by atoms with van der Waals surface area (Å²) in [4.78, 5) is 25.2. The van der Waals surface area contributed by atoms with Gasteiger partial charge in [-0.25, -0.2) is 0 Å². The Balaban J connectivity index is 1.55. The molecule has 0 aliphatic carbocycles. The zero-order valence-electron chi connectivity index (χ0n) is 12.7. The summed E-state index contributed by atoms with van der Waals surface area (Å²) < 4.78 is 4.94. The molecule has 3 rings (SSSR count). The zero-order valence-corrected chi connectivity index (χ0v) is 12.7. The molecular formula is C18H18N2O3. The SMILES string of the molecule is O=C(C=Cc1ccc(N2CCCC2=O)cc1)NCc1ccoc1. The summed E-state index contributed by atoms with van der Waals surface area (Å²) in [7, 11) is 0. The van der Waals surface area contributed by atoms with Gasteiger partial charge in [-0.05, 0) is 36.3 Å². The van der Waals surface area contributed by atoms with Crippen LogP contribution in [0.1, 0.15) is 24.0 Å². The maximum atomic E-state index is 11.7. The van der Waals surface area contributed by atoms with Gasteiger partial charge in [-0.2, -0.15) is 0 Å². The Morgan fingerprint density at radius 1 is 1.26 bits per heavy atom. The zero-order chi connectivity index (χ0) is 16.1. The van der Waals surface area contributed by atoms with E-state index in [1.165, 1.54) is 6.08 Å². The van der Waals surface area contributed by atoms with Crippen LogP contribution >= 0.6 is 0 Å². The van der Waals surface area contributed by atoms with Gasteiger partial charge in [0.1, 0.15) is 0 Å². The first kappa shape index (κ1) is 15.1. The highest BCUT2D eigenvalue weighted by atomic mass is 16.3. The molecule has 0 saturated carbocycles. The first-order chi connectivity index (χ1) is 11.2. The lowest BCUT2D eigenvalue weighted by Crippen LogP contribution is -2.23. The molecule has 0 spiro atoms. The van der Waals surface area contributed by atoms with E-state index in [9.17, 15) is 9.59 Å². The highest BCUT2D eigenvalue weighted by Gasteiger charge is 2.21. The fourth-order valence-corrected chi connectivity index (χ4v) is 2.50. The van der Waals surface area contributed by atoms with Crippen molar-refractivity contribution in [2.75, 3.05) is 11.4 Å². The van der Waals surface area contributed by atoms with Crippen LogP contribution in [0.15, 0.2) is 53.4 Å². The second-order valence-corrected chi connectivity index (χ2v) is 5.42. The number of benzene rings is 1. The van der Waals surface area contributed by atoms with Gasteiger partial charge in [-0.15, -0.1) is 0 Å². The van der Waals surface area contributed by atoms with Crippen molar-refractivity contribution in [3.05, 3.63) is 60.1 Å². The van der Waals surface area contributed by atoms with Gasteiger partial charge in [-0.1, -0.05) is 12.1 Å². The van der Waals surface area contributed by atoms with Crippen LogP contribution in [0.25, 0.3) is 6.08 Å². The van der Waals surface area contributed by atoms with Crippen LogP contribution in [0.4, 0.5) is 5.69 Å². The quantitative estimate of drug-likeness (QED) is 0.864. The minimum Gasteiger partial charge on any atom is -0.472 e. The molecule has 118 valence electrons. The van der Waals surface area contributed by atoms with Gasteiger partial charge in [0.05, 0.1) is 12.5 Å². The lowest BCUT2D eigenvalue weighted by atomic mass is 10.2. The third-order valence-electron chi connectivity index (χ3n) is 3.75. The van der Waals surface area contributed by atoms with E-state index >= 15 is 0 Å². The van der Waals surface area contributed by atoms with E-state index < -0.39 is 0 Å². The van der Waals surface area contributed by atoms with E-state index in [2.05, 4.69) is 5.32 Å². The highest BCUT2D eigenvalue weighted by molar-refractivity contribution is 5.95. The number of furan rings is 1. The third-order valence-corrected chi connectivity index (χ3v) is 3.75. The van der Waals surface area contributed by atoms with Gasteiger partial charge in [0, 0.05) is 36.8 Å². The predicted octanol–water partition coefficient (Wildman–Crippen LogP) is 2.74. The van der Waals surface area contributed by atoms with Crippen molar-refractivity contribution < 1.29 is 14.0 Å². The molecule has 2 aromatic rings. The van der Waals surface area contributed by atoms with Crippen molar-refractivity contribution in [1.29, 1.82) is 0 Å². The minimum atomic E-state index is -0.162. The van der Waals surface area contributed by atoms with Crippen molar-refractivity contribution in [2.45, 2.75) is 19.4 Å². The Hall–Kier alpha value is -2.82. The van der Waals surface area contributed by atoms with Gasteiger partial charge >= 0.3 is 0 Å². The molecule has 0 atom stereocenters. The van der Waals surface area contributed by atoms with Crippen molar-refractivity contribution in [1.82, 2.24) is 5.32 Å². The second kappa shape index (κ2) is 6.96. The van der Waals surface area contributed by atoms with Gasteiger partial charge < -0.3 is 14.6 Å².